The first-order chi connectivity index (χ1) is 10.2. The Bertz CT molecular complexity index is 403. The molecule has 5 rings (SSSR count). The molecule has 0 aromatic carbocycles. The predicted octanol–water partition coefficient (Wildman–Crippen LogP) is 1.70. The van der Waals surface area contributed by atoms with Crippen molar-refractivity contribution in [1.29, 1.82) is 0 Å². The smallest absolute Gasteiger partial charge is 0.311 e. The minimum absolute atomic E-state index is 0.0674. The first-order valence-electron chi connectivity index (χ1n) is 8.75. The lowest BCUT2D eigenvalue weighted by Gasteiger charge is -2.59. The summed E-state index contributed by atoms with van der Waals surface area (Å²) in [5.74, 6) is 2.22. The highest BCUT2D eigenvalue weighted by Gasteiger charge is 2.58. The lowest BCUT2D eigenvalue weighted by molar-refractivity contribution is -0.171. The molecule has 2 N–H and O–H groups in total. The number of esters is 1. The fourth-order valence-electron chi connectivity index (χ4n) is 6.03. The maximum Gasteiger partial charge on any atom is 0.311 e. The lowest BCUT2D eigenvalue weighted by Crippen LogP contribution is -2.61. The molecule has 4 nitrogen and oxygen atoms in total. The minimum Gasteiger partial charge on any atom is -0.469 e. The van der Waals surface area contributed by atoms with Crippen LogP contribution in [0.5, 0.6) is 0 Å². The lowest BCUT2D eigenvalue weighted by atomic mass is 9.48. The molecule has 3 atom stereocenters. The van der Waals surface area contributed by atoms with Crippen LogP contribution < -0.4 is 10.6 Å². The number of nitrogens with one attached hydrogen (secondary N) is 2. The number of methoxy groups -OCH3 is 1. The fraction of sp³-hybridized carbons (Fsp3) is 0.941. The molecule has 5 fully saturated rings. The average Bonchev–Trinajstić information content (AvgIpc) is 2.98. The van der Waals surface area contributed by atoms with Gasteiger partial charge in [-0.15, -0.1) is 0 Å². The van der Waals surface area contributed by atoms with Gasteiger partial charge in [-0.3, -0.25) is 4.79 Å². The van der Waals surface area contributed by atoms with Gasteiger partial charge in [0.1, 0.15) is 0 Å². The van der Waals surface area contributed by atoms with Crippen LogP contribution in [0, 0.1) is 23.2 Å². The van der Waals surface area contributed by atoms with Crippen LogP contribution in [0.3, 0.4) is 0 Å². The number of ether oxygens (including phenoxy) is 1. The summed E-state index contributed by atoms with van der Waals surface area (Å²) in [7, 11) is 1.56. The van der Waals surface area contributed by atoms with Gasteiger partial charge in [0.05, 0.1) is 12.5 Å². The highest BCUT2D eigenvalue weighted by molar-refractivity contribution is 5.77. The second kappa shape index (κ2) is 5.24. The quantitative estimate of drug-likeness (QED) is 0.774. The number of rotatable bonds is 4. The molecule has 4 aliphatic carbocycles. The monoisotopic (exact) mass is 292 g/mol. The second-order valence-corrected chi connectivity index (χ2v) is 7.97. The zero-order valence-corrected chi connectivity index (χ0v) is 13.1. The molecule has 0 radical (unpaired) electrons. The summed E-state index contributed by atoms with van der Waals surface area (Å²) < 4.78 is 5.14. The fourth-order valence-corrected chi connectivity index (χ4v) is 6.03. The van der Waals surface area contributed by atoms with Crippen molar-refractivity contribution in [3.8, 4) is 0 Å². The Morgan fingerprint density at radius 1 is 1.29 bits per heavy atom. The van der Waals surface area contributed by atoms with Gasteiger partial charge in [-0.05, 0) is 69.2 Å². The third kappa shape index (κ3) is 2.31. The third-order valence-electron chi connectivity index (χ3n) is 6.65. The van der Waals surface area contributed by atoms with Crippen LogP contribution in [0.4, 0.5) is 0 Å². The van der Waals surface area contributed by atoms with Gasteiger partial charge in [-0.1, -0.05) is 0 Å². The van der Waals surface area contributed by atoms with Gasteiger partial charge in [0.15, 0.2) is 0 Å². The first-order valence-corrected chi connectivity index (χ1v) is 8.75. The highest BCUT2D eigenvalue weighted by Crippen LogP contribution is 2.60. The Morgan fingerprint density at radius 2 is 2.05 bits per heavy atom. The number of carbonyl (C=O) groups excluding carboxylic acids is 1. The van der Waals surface area contributed by atoms with Crippen molar-refractivity contribution in [2.75, 3.05) is 20.2 Å². The van der Waals surface area contributed by atoms with Gasteiger partial charge in [0.2, 0.25) is 0 Å². The van der Waals surface area contributed by atoms with E-state index < -0.39 is 0 Å². The standard InChI is InChI=1S/C17H28N2O2/c1-21-16(20)17-7-11-5-12(8-17)15(13(6-11)9-17)19-10-14-3-2-4-18-14/h11-15,18-19H,2-10H2,1H3. The predicted molar refractivity (Wildman–Crippen MR) is 80.8 cm³/mol. The van der Waals surface area contributed by atoms with Crippen molar-refractivity contribution < 1.29 is 9.53 Å². The molecule has 5 aliphatic rings. The Balaban J connectivity index is 1.44. The van der Waals surface area contributed by atoms with Crippen LogP contribution in [0.25, 0.3) is 0 Å². The molecular formula is C17H28N2O2. The topological polar surface area (TPSA) is 50.4 Å². The second-order valence-electron chi connectivity index (χ2n) is 7.97. The summed E-state index contributed by atoms with van der Waals surface area (Å²) in [4.78, 5) is 12.3. The van der Waals surface area contributed by atoms with E-state index >= 15 is 0 Å². The molecule has 1 heterocycles. The summed E-state index contributed by atoms with van der Waals surface area (Å²) in [6.07, 6.45) is 8.48. The molecule has 1 aliphatic heterocycles. The van der Waals surface area contributed by atoms with Gasteiger partial charge in [0.25, 0.3) is 0 Å². The largest absolute Gasteiger partial charge is 0.469 e. The molecule has 4 heteroatoms. The summed E-state index contributed by atoms with van der Waals surface area (Å²) in [6.45, 7) is 2.28. The van der Waals surface area contributed by atoms with Crippen molar-refractivity contribution in [2.45, 2.75) is 57.0 Å². The number of carbonyl (C=O) groups is 1. The van der Waals surface area contributed by atoms with Crippen molar-refractivity contribution in [3.63, 3.8) is 0 Å². The maximum absolute atomic E-state index is 12.3. The molecule has 0 aromatic heterocycles. The molecule has 1 saturated heterocycles. The zero-order chi connectivity index (χ0) is 14.4. The highest BCUT2D eigenvalue weighted by atomic mass is 16.5. The Morgan fingerprint density at radius 3 is 2.67 bits per heavy atom. The Kier molecular flexibility index (Phi) is 3.49. The first kappa shape index (κ1) is 14.0. The normalized spacial score (nSPS) is 47.8. The van der Waals surface area contributed by atoms with Crippen molar-refractivity contribution >= 4 is 5.97 Å². The van der Waals surface area contributed by atoms with E-state index in [1.807, 2.05) is 0 Å². The van der Waals surface area contributed by atoms with E-state index in [0.717, 1.165) is 31.7 Å². The van der Waals surface area contributed by atoms with Gasteiger partial charge in [0, 0.05) is 18.6 Å². The van der Waals surface area contributed by atoms with Crippen LogP contribution in [-0.2, 0) is 9.53 Å². The summed E-state index contributed by atoms with van der Waals surface area (Å²) >= 11 is 0. The third-order valence-corrected chi connectivity index (χ3v) is 6.65. The molecule has 21 heavy (non-hydrogen) atoms. The molecule has 118 valence electrons. The zero-order valence-electron chi connectivity index (χ0n) is 13.1. The van der Waals surface area contributed by atoms with Crippen LogP contribution in [-0.4, -0.2) is 38.3 Å². The van der Waals surface area contributed by atoms with E-state index in [9.17, 15) is 4.79 Å². The number of hydrogen-bond donors (Lipinski definition) is 2. The molecule has 0 spiro atoms. The molecule has 0 aromatic rings. The summed E-state index contributed by atoms with van der Waals surface area (Å²) in [6, 6.07) is 1.30. The maximum atomic E-state index is 12.3. The van der Waals surface area contributed by atoms with E-state index in [2.05, 4.69) is 10.6 Å². The van der Waals surface area contributed by atoms with Gasteiger partial charge in [-0.25, -0.2) is 0 Å². The molecule has 0 amide bonds. The number of hydrogen-bond acceptors (Lipinski definition) is 4. The molecule has 3 unspecified atom stereocenters. The van der Waals surface area contributed by atoms with Crippen LogP contribution in [0.1, 0.15) is 44.9 Å². The average molecular weight is 292 g/mol. The van der Waals surface area contributed by atoms with Crippen LogP contribution in [0.15, 0.2) is 0 Å². The molecule has 4 saturated carbocycles. The SMILES string of the molecule is COC(=O)C12CC3CC(C1)C(NCC1CCCN1)C(C3)C2. The van der Waals surface area contributed by atoms with Crippen molar-refractivity contribution in [1.82, 2.24) is 10.6 Å². The van der Waals surface area contributed by atoms with E-state index in [4.69, 9.17) is 4.74 Å². The Labute approximate surface area is 127 Å². The Hall–Kier alpha value is -0.610. The summed E-state index contributed by atoms with van der Waals surface area (Å²) in [5.41, 5.74) is -0.130. The van der Waals surface area contributed by atoms with E-state index in [-0.39, 0.29) is 11.4 Å². The summed E-state index contributed by atoms with van der Waals surface area (Å²) in [5, 5.41) is 7.44. The molecule has 4 bridgehead atoms. The van der Waals surface area contributed by atoms with Gasteiger partial charge >= 0.3 is 5.97 Å². The van der Waals surface area contributed by atoms with E-state index in [0.29, 0.717) is 23.9 Å². The van der Waals surface area contributed by atoms with Crippen LogP contribution in [0.2, 0.25) is 0 Å². The molecular weight excluding hydrogens is 264 g/mol. The van der Waals surface area contributed by atoms with E-state index in [1.165, 1.54) is 32.2 Å². The minimum atomic E-state index is -0.130. The van der Waals surface area contributed by atoms with Gasteiger partial charge < -0.3 is 15.4 Å². The van der Waals surface area contributed by atoms with Crippen molar-refractivity contribution in [2.24, 2.45) is 23.2 Å². The van der Waals surface area contributed by atoms with E-state index in [1.54, 1.807) is 7.11 Å². The van der Waals surface area contributed by atoms with Crippen molar-refractivity contribution in [3.05, 3.63) is 0 Å². The van der Waals surface area contributed by atoms with Crippen LogP contribution >= 0.6 is 0 Å². The van der Waals surface area contributed by atoms with Gasteiger partial charge in [-0.2, -0.15) is 0 Å².